The molecule has 51 heavy (non-hydrogen) atoms. The van der Waals surface area contributed by atoms with Gasteiger partial charge in [-0.15, -0.1) is 0 Å². The molecule has 0 aliphatic rings. The molecule has 0 aliphatic heterocycles. The first-order valence-electron chi connectivity index (χ1n) is 22.3. The van der Waals surface area contributed by atoms with Crippen LogP contribution >= 0.6 is 0 Å². The number of rotatable bonds is 41. The van der Waals surface area contributed by atoms with Crippen LogP contribution < -0.4 is 0 Å². The van der Waals surface area contributed by atoms with Crippen molar-refractivity contribution in [1.82, 2.24) is 4.90 Å². The van der Waals surface area contributed by atoms with Crippen molar-refractivity contribution in [3.05, 3.63) is 0 Å². The van der Waals surface area contributed by atoms with E-state index in [2.05, 4.69) is 25.7 Å². The lowest BCUT2D eigenvalue weighted by Gasteiger charge is -2.21. The van der Waals surface area contributed by atoms with Crippen molar-refractivity contribution in [2.24, 2.45) is 0 Å². The Hall–Kier alpha value is -1.14. The zero-order valence-corrected chi connectivity index (χ0v) is 34.0. The van der Waals surface area contributed by atoms with Crippen LogP contribution in [0.25, 0.3) is 0 Å². The molecule has 306 valence electrons. The summed E-state index contributed by atoms with van der Waals surface area (Å²) in [7, 11) is 0. The van der Waals surface area contributed by atoms with Crippen molar-refractivity contribution in [1.29, 1.82) is 0 Å². The van der Waals surface area contributed by atoms with Gasteiger partial charge in [0.2, 0.25) is 0 Å². The number of aliphatic hydroxyl groups excluding tert-OH is 1. The van der Waals surface area contributed by atoms with Crippen molar-refractivity contribution < 1.29 is 24.2 Å². The van der Waals surface area contributed by atoms with E-state index in [9.17, 15) is 14.7 Å². The van der Waals surface area contributed by atoms with E-state index in [-0.39, 0.29) is 32.1 Å². The second kappa shape index (κ2) is 43.3. The Morgan fingerprint density at radius 1 is 0.471 bits per heavy atom. The fraction of sp³-hybridized carbons (Fsp3) is 0.956. The number of aliphatic hydroxyl groups is 1. The van der Waals surface area contributed by atoms with Gasteiger partial charge in [-0.05, 0) is 70.9 Å². The van der Waals surface area contributed by atoms with E-state index < -0.39 is 0 Å². The molecule has 0 aromatic rings. The lowest BCUT2D eigenvalue weighted by atomic mass is 10.0. The number of esters is 2. The van der Waals surface area contributed by atoms with Gasteiger partial charge in [0.25, 0.3) is 0 Å². The monoisotopic (exact) mass is 726 g/mol. The highest BCUT2D eigenvalue weighted by Gasteiger charge is 2.14. The Labute approximate surface area is 319 Å². The third-order valence-electron chi connectivity index (χ3n) is 10.2. The van der Waals surface area contributed by atoms with E-state index >= 15 is 0 Å². The second-order valence-corrected chi connectivity index (χ2v) is 15.2. The highest BCUT2D eigenvalue weighted by Crippen LogP contribution is 2.18. The minimum Gasteiger partial charge on any atom is -0.466 e. The molecule has 0 bridgehead atoms. The number of hydrogen-bond acceptors (Lipinski definition) is 6. The van der Waals surface area contributed by atoms with Gasteiger partial charge in [-0.25, -0.2) is 0 Å². The summed E-state index contributed by atoms with van der Waals surface area (Å²) in [6, 6.07) is 0. The zero-order chi connectivity index (χ0) is 36.6. The fourth-order valence-electron chi connectivity index (χ4n) is 6.88. The first-order chi connectivity index (χ1) is 24.6. The van der Waals surface area contributed by atoms with E-state index in [0.29, 0.717) is 26.0 Å². The van der Waals surface area contributed by atoms with Crippen molar-refractivity contribution >= 4 is 11.9 Å². The van der Waals surface area contributed by atoms with E-state index in [4.69, 9.17) is 9.47 Å². The maximum absolute atomic E-state index is 12.7. The Kier molecular flexibility index (Phi) is 44.1. The van der Waals surface area contributed by atoms with E-state index in [1.54, 1.807) is 0 Å². The van der Waals surface area contributed by atoms with Crippen LogP contribution in [-0.2, 0) is 19.1 Å². The number of ether oxygens (including phenoxy) is 2. The van der Waals surface area contributed by atoms with Crippen LogP contribution in [-0.4, -0.2) is 60.9 Å². The van der Waals surface area contributed by atoms with Gasteiger partial charge in [0.15, 0.2) is 0 Å². The van der Waals surface area contributed by atoms with Crippen molar-refractivity contribution in [2.45, 2.75) is 246 Å². The van der Waals surface area contributed by atoms with Gasteiger partial charge in [-0.1, -0.05) is 169 Å². The van der Waals surface area contributed by atoms with Crippen LogP contribution in [0.3, 0.4) is 0 Å². The normalized spacial score (nSPS) is 11.3. The molecule has 0 fully saturated rings. The molecule has 0 spiro atoms. The molecule has 0 heterocycles. The van der Waals surface area contributed by atoms with Gasteiger partial charge in [0.05, 0.1) is 13.2 Å². The van der Waals surface area contributed by atoms with Crippen LogP contribution in [0.5, 0.6) is 0 Å². The van der Waals surface area contributed by atoms with Crippen molar-refractivity contribution in [3.8, 4) is 0 Å². The summed E-state index contributed by atoms with van der Waals surface area (Å²) in [6.45, 7) is 10.2. The summed E-state index contributed by atoms with van der Waals surface area (Å²) in [4.78, 5) is 27.1. The summed E-state index contributed by atoms with van der Waals surface area (Å²) in [6.07, 6.45) is 38.4. The standard InChI is InChI=1S/C44H87NO5.CH4/c1-4-7-10-13-16-17-18-24-32-41-49-43(47)35-29-25-31-38-45(39-40-46)37-30-23-19-22-28-36-44(48)50-42(33-26-20-14-11-8-5-2)34-27-21-15-12-9-6-3;/h42,46H,4-41H2,1-3H3;1H4. The smallest absolute Gasteiger partial charge is 0.306 e. The molecule has 0 radical (unpaired) electrons. The molecule has 0 unspecified atom stereocenters. The maximum atomic E-state index is 12.7. The molecule has 6 heteroatoms. The molecule has 0 saturated carbocycles. The van der Waals surface area contributed by atoms with Crippen LogP contribution in [0.15, 0.2) is 0 Å². The summed E-state index contributed by atoms with van der Waals surface area (Å²) in [5, 5.41) is 9.53. The third kappa shape index (κ3) is 39.9. The number of nitrogens with zero attached hydrogens (tertiary/aromatic N) is 1. The van der Waals surface area contributed by atoms with Crippen LogP contribution in [0, 0.1) is 0 Å². The Bertz CT molecular complexity index is 686. The second-order valence-electron chi connectivity index (χ2n) is 15.2. The molecular weight excluding hydrogens is 634 g/mol. The van der Waals surface area contributed by atoms with Crippen molar-refractivity contribution in [3.63, 3.8) is 0 Å². The minimum atomic E-state index is -0.0498. The van der Waals surface area contributed by atoms with E-state index in [1.807, 2.05) is 0 Å². The van der Waals surface area contributed by atoms with E-state index in [0.717, 1.165) is 90.1 Å². The van der Waals surface area contributed by atoms with Crippen molar-refractivity contribution in [2.75, 3.05) is 32.8 Å². The molecule has 1 N–H and O–H groups in total. The summed E-state index contributed by atoms with van der Waals surface area (Å²) in [5.41, 5.74) is 0. The summed E-state index contributed by atoms with van der Waals surface area (Å²) in [5.74, 6) is -0.0423. The summed E-state index contributed by atoms with van der Waals surface area (Å²) >= 11 is 0. The first kappa shape index (κ1) is 52.0. The van der Waals surface area contributed by atoms with Gasteiger partial charge in [0.1, 0.15) is 6.10 Å². The molecule has 0 rings (SSSR count). The number of hydrogen-bond donors (Lipinski definition) is 1. The Morgan fingerprint density at radius 3 is 1.31 bits per heavy atom. The van der Waals surface area contributed by atoms with Gasteiger partial charge >= 0.3 is 11.9 Å². The largest absolute Gasteiger partial charge is 0.466 e. The molecule has 0 aromatic carbocycles. The fourth-order valence-corrected chi connectivity index (χ4v) is 6.88. The van der Waals surface area contributed by atoms with E-state index in [1.165, 1.54) is 122 Å². The molecular formula is C45H91NO5. The highest BCUT2D eigenvalue weighted by molar-refractivity contribution is 5.69. The van der Waals surface area contributed by atoms with Gasteiger partial charge in [-0.2, -0.15) is 0 Å². The van der Waals surface area contributed by atoms with Crippen LogP contribution in [0.4, 0.5) is 0 Å². The molecule has 0 amide bonds. The molecule has 6 nitrogen and oxygen atoms in total. The Balaban J connectivity index is 0. The molecule has 0 aromatic heterocycles. The topological polar surface area (TPSA) is 76.1 Å². The predicted molar refractivity (Wildman–Crippen MR) is 220 cm³/mol. The minimum absolute atomic E-state index is 0. The molecule has 0 aliphatic carbocycles. The zero-order valence-electron chi connectivity index (χ0n) is 34.0. The number of unbranched alkanes of at least 4 members (excludes halogenated alkanes) is 24. The number of carbonyl (C=O) groups excluding carboxylic acids is 2. The SMILES string of the molecule is C.CCCCCCCCCCCOC(=O)CCCCCN(CCO)CCCCCCCC(=O)OC(CCCCCCCC)CCCCCCCC. The quantitative estimate of drug-likeness (QED) is 0.0499. The van der Waals surface area contributed by atoms with Crippen LogP contribution in [0.1, 0.15) is 240 Å². The van der Waals surface area contributed by atoms with Crippen LogP contribution in [0.2, 0.25) is 0 Å². The summed E-state index contributed by atoms with van der Waals surface area (Å²) < 4.78 is 11.4. The average molecular weight is 726 g/mol. The maximum Gasteiger partial charge on any atom is 0.306 e. The first-order valence-corrected chi connectivity index (χ1v) is 22.3. The average Bonchev–Trinajstić information content (AvgIpc) is 3.11. The highest BCUT2D eigenvalue weighted by atomic mass is 16.5. The predicted octanol–water partition coefficient (Wildman–Crippen LogP) is 13.3. The Morgan fingerprint density at radius 2 is 0.843 bits per heavy atom. The molecule has 0 atom stereocenters. The van der Waals surface area contributed by atoms with Gasteiger partial charge in [0, 0.05) is 19.4 Å². The third-order valence-corrected chi connectivity index (χ3v) is 10.2. The lowest BCUT2D eigenvalue weighted by molar-refractivity contribution is -0.150. The molecule has 0 saturated heterocycles. The number of carbonyl (C=O) groups is 2. The van der Waals surface area contributed by atoms with Gasteiger partial charge < -0.3 is 19.5 Å². The van der Waals surface area contributed by atoms with Gasteiger partial charge in [-0.3, -0.25) is 9.59 Å². The lowest BCUT2D eigenvalue weighted by Crippen LogP contribution is -2.29.